The number of amides is 1. The van der Waals surface area contributed by atoms with Crippen LogP contribution in [0.1, 0.15) is 24.4 Å². The number of aliphatic hydroxyl groups excluding tert-OH is 1. The number of carbonyl (C=O) groups excluding carboxylic acids is 1. The molecule has 0 radical (unpaired) electrons. The first-order chi connectivity index (χ1) is 9.72. The van der Waals surface area contributed by atoms with Crippen molar-refractivity contribution < 1.29 is 14.6 Å². The lowest BCUT2D eigenvalue weighted by molar-refractivity contribution is -0.135. The van der Waals surface area contributed by atoms with Gasteiger partial charge in [-0.25, -0.2) is 0 Å². The van der Waals surface area contributed by atoms with Crippen molar-refractivity contribution in [2.45, 2.75) is 25.0 Å². The number of carbonyl (C=O) groups is 1. The van der Waals surface area contributed by atoms with Crippen LogP contribution >= 0.6 is 0 Å². The third-order valence-corrected chi connectivity index (χ3v) is 3.62. The van der Waals surface area contributed by atoms with Gasteiger partial charge in [0.15, 0.2) is 0 Å². The van der Waals surface area contributed by atoms with E-state index in [1.54, 1.807) is 4.90 Å². The number of benzene rings is 1. The second kappa shape index (κ2) is 7.38. The molecule has 1 aliphatic heterocycles. The second-order valence-electron chi connectivity index (χ2n) is 5.01. The molecule has 1 atom stereocenters. The van der Waals surface area contributed by atoms with Crippen molar-refractivity contribution in [1.29, 1.82) is 0 Å². The van der Waals surface area contributed by atoms with Gasteiger partial charge in [0.2, 0.25) is 5.91 Å². The lowest BCUT2D eigenvalue weighted by Crippen LogP contribution is -2.45. The van der Waals surface area contributed by atoms with Crippen LogP contribution in [0.3, 0.4) is 0 Å². The molecule has 5 nitrogen and oxygen atoms in total. The van der Waals surface area contributed by atoms with Crippen LogP contribution in [-0.2, 0) is 9.53 Å². The Morgan fingerprint density at radius 3 is 2.60 bits per heavy atom. The van der Waals surface area contributed by atoms with Crippen molar-refractivity contribution in [2.24, 2.45) is 5.73 Å². The smallest absolute Gasteiger partial charge is 0.244 e. The first-order valence-electron chi connectivity index (χ1n) is 7.04. The summed E-state index contributed by atoms with van der Waals surface area (Å²) in [7, 11) is 0. The predicted octanol–water partition coefficient (Wildman–Crippen LogP) is 0.686. The molecule has 1 aliphatic rings. The fourth-order valence-corrected chi connectivity index (χ4v) is 2.46. The van der Waals surface area contributed by atoms with Gasteiger partial charge in [-0.3, -0.25) is 4.79 Å². The molecule has 1 fully saturated rings. The minimum Gasteiger partial charge on any atom is -0.394 e. The zero-order valence-electron chi connectivity index (χ0n) is 11.6. The average molecular weight is 278 g/mol. The third kappa shape index (κ3) is 3.79. The highest BCUT2D eigenvalue weighted by Crippen LogP contribution is 2.18. The summed E-state index contributed by atoms with van der Waals surface area (Å²) in [5.41, 5.74) is 6.87. The SMILES string of the molecule is N[C@H](C(=O)N1CCC(OCCO)CC1)c1ccccc1. The Morgan fingerprint density at radius 1 is 1.35 bits per heavy atom. The van der Waals surface area contributed by atoms with E-state index in [0.29, 0.717) is 19.7 Å². The summed E-state index contributed by atoms with van der Waals surface area (Å²) in [6.45, 7) is 1.73. The van der Waals surface area contributed by atoms with E-state index in [9.17, 15) is 4.79 Å². The maximum Gasteiger partial charge on any atom is 0.244 e. The molecule has 20 heavy (non-hydrogen) atoms. The molecule has 110 valence electrons. The Hall–Kier alpha value is -1.43. The number of piperidine rings is 1. The lowest BCUT2D eigenvalue weighted by atomic mass is 10.0. The fraction of sp³-hybridized carbons (Fsp3) is 0.533. The van der Waals surface area contributed by atoms with Crippen LogP contribution < -0.4 is 5.73 Å². The van der Waals surface area contributed by atoms with Crippen molar-refractivity contribution >= 4 is 5.91 Å². The summed E-state index contributed by atoms with van der Waals surface area (Å²) in [5, 5.41) is 8.73. The van der Waals surface area contributed by atoms with Crippen LogP contribution in [0.15, 0.2) is 30.3 Å². The molecular weight excluding hydrogens is 256 g/mol. The fourth-order valence-electron chi connectivity index (χ4n) is 2.46. The zero-order chi connectivity index (χ0) is 14.4. The quantitative estimate of drug-likeness (QED) is 0.831. The van der Waals surface area contributed by atoms with Gasteiger partial charge in [0.1, 0.15) is 6.04 Å². The van der Waals surface area contributed by atoms with Gasteiger partial charge in [0.05, 0.1) is 19.3 Å². The van der Waals surface area contributed by atoms with Crippen molar-refractivity contribution in [2.75, 3.05) is 26.3 Å². The Bertz CT molecular complexity index is 416. The molecule has 0 saturated carbocycles. The van der Waals surface area contributed by atoms with Crippen LogP contribution in [0, 0.1) is 0 Å². The third-order valence-electron chi connectivity index (χ3n) is 3.62. The molecule has 0 spiro atoms. The molecular formula is C15H22N2O3. The largest absolute Gasteiger partial charge is 0.394 e. The van der Waals surface area contributed by atoms with Gasteiger partial charge in [0, 0.05) is 13.1 Å². The number of likely N-dealkylation sites (tertiary alicyclic amines) is 1. The monoisotopic (exact) mass is 278 g/mol. The van der Waals surface area contributed by atoms with E-state index >= 15 is 0 Å². The van der Waals surface area contributed by atoms with Crippen molar-refractivity contribution in [3.63, 3.8) is 0 Å². The van der Waals surface area contributed by atoms with Crippen molar-refractivity contribution in [3.8, 4) is 0 Å². The van der Waals surface area contributed by atoms with E-state index in [2.05, 4.69) is 0 Å². The number of hydrogen-bond donors (Lipinski definition) is 2. The van der Waals surface area contributed by atoms with Crippen molar-refractivity contribution in [3.05, 3.63) is 35.9 Å². The van der Waals surface area contributed by atoms with Crippen LogP contribution in [0.4, 0.5) is 0 Å². The topological polar surface area (TPSA) is 75.8 Å². The molecule has 1 aromatic rings. The molecule has 1 aromatic carbocycles. The Labute approximate surface area is 119 Å². The van der Waals surface area contributed by atoms with Gasteiger partial charge < -0.3 is 20.5 Å². The predicted molar refractivity (Wildman–Crippen MR) is 76.0 cm³/mol. The molecule has 0 aliphatic carbocycles. The number of aliphatic hydroxyl groups is 1. The average Bonchev–Trinajstić information content (AvgIpc) is 2.53. The number of nitrogens with two attached hydrogens (primary N) is 1. The van der Waals surface area contributed by atoms with E-state index in [4.69, 9.17) is 15.6 Å². The summed E-state index contributed by atoms with van der Waals surface area (Å²) < 4.78 is 5.49. The van der Waals surface area contributed by atoms with Gasteiger partial charge in [-0.2, -0.15) is 0 Å². The highest BCUT2D eigenvalue weighted by molar-refractivity contribution is 5.83. The number of hydrogen-bond acceptors (Lipinski definition) is 4. The molecule has 1 saturated heterocycles. The van der Waals surface area contributed by atoms with E-state index in [-0.39, 0.29) is 18.6 Å². The van der Waals surface area contributed by atoms with Crippen LogP contribution in [0.5, 0.6) is 0 Å². The summed E-state index contributed by atoms with van der Waals surface area (Å²) in [4.78, 5) is 14.1. The molecule has 1 amide bonds. The molecule has 2 rings (SSSR count). The Balaban J connectivity index is 1.85. The molecule has 3 N–H and O–H groups in total. The summed E-state index contributed by atoms with van der Waals surface area (Å²) in [6, 6.07) is 8.84. The molecule has 0 unspecified atom stereocenters. The second-order valence-corrected chi connectivity index (χ2v) is 5.01. The lowest BCUT2D eigenvalue weighted by Gasteiger charge is -2.33. The highest BCUT2D eigenvalue weighted by atomic mass is 16.5. The van der Waals surface area contributed by atoms with Crippen LogP contribution in [-0.4, -0.2) is 48.3 Å². The van der Waals surface area contributed by atoms with E-state index in [0.717, 1.165) is 18.4 Å². The molecule has 1 heterocycles. The number of rotatable bonds is 5. The number of nitrogens with zero attached hydrogens (tertiary/aromatic N) is 1. The summed E-state index contributed by atoms with van der Waals surface area (Å²) in [6.07, 6.45) is 1.74. The Morgan fingerprint density at radius 2 is 2.00 bits per heavy atom. The van der Waals surface area contributed by atoms with E-state index in [1.165, 1.54) is 0 Å². The van der Waals surface area contributed by atoms with E-state index in [1.807, 2.05) is 30.3 Å². The Kier molecular flexibility index (Phi) is 5.52. The minimum absolute atomic E-state index is 0.0307. The van der Waals surface area contributed by atoms with Crippen LogP contribution in [0.2, 0.25) is 0 Å². The van der Waals surface area contributed by atoms with Gasteiger partial charge in [-0.05, 0) is 18.4 Å². The first kappa shape index (κ1) is 15.0. The zero-order valence-corrected chi connectivity index (χ0v) is 11.6. The maximum absolute atomic E-state index is 12.3. The standard InChI is InChI=1S/C15H22N2O3/c16-14(12-4-2-1-3-5-12)15(19)17-8-6-13(7-9-17)20-11-10-18/h1-5,13-14,18H,6-11,16H2/t14-/m0/s1. The normalized spacial score (nSPS) is 18.0. The highest BCUT2D eigenvalue weighted by Gasteiger charge is 2.27. The molecule has 0 aromatic heterocycles. The van der Waals surface area contributed by atoms with Gasteiger partial charge >= 0.3 is 0 Å². The van der Waals surface area contributed by atoms with Gasteiger partial charge in [-0.1, -0.05) is 30.3 Å². The number of ether oxygens (including phenoxy) is 1. The summed E-state index contributed by atoms with van der Waals surface area (Å²) >= 11 is 0. The maximum atomic E-state index is 12.3. The van der Waals surface area contributed by atoms with Gasteiger partial charge in [-0.15, -0.1) is 0 Å². The first-order valence-corrected chi connectivity index (χ1v) is 7.04. The molecule has 0 bridgehead atoms. The molecule has 5 heteroatoms. The van der Waals surface area contributed by atoms with Gasteiger partial charge in [0.25, 0.3) is 0 Å². The minimum atomic E-state index is -0.592. The van der Waals surface area contributed by atoms with Crippen molar-refractivity contribution in [1.82, 2.24) is 4.90 Å². The van der Waals surface area contributed by atoms with Crippen LogP contribution in [0.25, 0.3) is 0 Å². The summed E-state index contributed by atoms with van der Waals surface area (Å²) in [5.74, 6) is -0.0307. The van der Waals surface area contributed by atoms with E-state index < -0.39 is 6.04 Å².